The van der Waals surface area contributed by atoms with Crippen LogP contribution in [0.3, 0.4) is 0 Å². The number of methoxy groups -OCH3 is 1. The molecule has 1 fully saturated rings. The van der Waals surface area contributed by atoms with Gasteiger partial charge >= 0.3 is 0 Å². The lowest BCUT2D eigenvalue weighted by molar-refractivity contribution is 0.0831. The van der Waals surface area contributed by atoms with Gasteiger partial charge in [0.15, 0.2) is 5.16 Å². The summed E-state index contributed by atoms with van der Waals surface area (Å²) < 4.78 is 5.35. The first kappa shape index (κ1) is 18.1. The Morgan fingerprint density at radius 3 is 2.96 bits per heavy atom. The number of benzene rings is 1. The predicted molar refractivity (Wildman–Crippen MR) is 103 cm³/mol. The molecule has 0 N–H and O–H groups in total. The van der Waals surface area contributed by atoms with Crippen LogP contribution >= 0.6 is 35.1 Å². The number of carbonyl (C=O) groups excluding carboxylic acids is 1. The van der Waals surface area contributed by atoms with Crippen LogP contribution in [-0.4, -0.2) is 46.4 Å². The highest BCUT2D eigenvalue weighted by molar-refractivity contribution is 8.03. The van der Waals surface area contributed by atoms with E-state index >= 15 is 0 Å². The number of nitrogens with zero attached hydrogens (tertiary/aromatic N) is 3. The van der Waals surface area contributed by atoms with Gasteiger partial charge in [-0.15, -0.1) is 11.8 Å². The molecule has 0 bridgehead atoms. The molecular weight excluding hydrogens is 378 g/mol. The van der Waals surface area contributed by atoms with Gasteiger partial charge in [0.1, 0.15) is 0 Å². The summed E-state index contributed by atoms with van der Waals surface area (Å²) in [6.07, 6.45) is 5.50. The molecule has 0 saturated carbocycles. The monoisotopic (exact) mass is 393 g/mol. The number of halogens is 1. The summed E-state index contributed by atoms with van der Waals surface area (Å²) in [5, 5.41) is 1.93. The highest BCUT2D eigenvalue weighted by Gasteiger charge is 2.27. The zero-order valence-electron chi connectivity index (χ0n) is 13.7. The molecular formula is C17H16ClN3O2S2. The summed E-state index contributed by atoms with van der Waals surface area (Å²) >= 11 is 9.23. The third-order valence-corrected chi connectivity index (χ3v) is 5.51. The van der Waals surface area contributed by atoms with Crippen LogP contribution in [0.1, 0.15) is 15.9 Å². The van der Waals surface area contributed by atoms with Gasteiger partial charge in [-0.3, -0.25) is 4.79 Å². The van der Waals surface area contributed by atoms with Crippen molar-refractivity contribution in [1.29, 1.82) is 0 Å². The van der Waals surface area contributed by atoms with Crippen molar-refractivity contribution in [3.05, 3.63) is 51.6 Å². The van der Waals surface area contributed by atoms with Crippen LogP contribution in [-0.2, 0) is 0 Å². The van der Waals surface area contributed by atoms with Crippen LogP contribution in [0.15, 0.2) is 40.6 Å². The van der Waals surface area contributed by atoms with Crippen molar-refractivity contribution in [2.75, 3.05) is 25.7 Å². The smallest absolute Gasteiger partial charge is 0.260 e. The van der Waals surface area contributed by atoms with Gasteiger partial charge in [0.2, 0.25) is 5.88 Å². The quantitative estimate of drug-likeness (QED) is 0.577. The van der Waals surface area contributed by atoms with Crippen LogP contribution < -0.4 is 4.74 Å². The second kappa shape index (κ2) is 8.12. The molecule has 0 spiro atoms. The summed E-state index contributed by atoms with van der Waals surface area (Å²) in [5.74, 6) is 1.21. The van der Waals surface area contributed by atoms with Crippen LogP contribution in [0.4, 0.5) is 0 Å². The van der Waals surface area contributed by atoms with E-state index in [0.29, 0.717) is 28.2 Å². The minimum absolute atomic E-state index is 0.109. The minimum atomic E-state index is -0.109. The molecule has 1 amide bonds. The van der Waals surface area contributed by atoms with E-state index in [1.54, 1.807) is 42.1 Å². The molecule has 25 heavy (non-hydrogen) atoms. The maximum Gasteiger partial charge on any atom is 0.260 e. The van der Waals surface area contributed by atoms with Crippen molar-refractivity contribution in [2.24, 2.45) is 0 Å². The fourth-order valence-electron chi connectivity index (χ4n) is 2.39. The average molecular weight is 394 g/mol. The summed E-state index contributed by atoms with van der Waals surface area (Å²) in [7, 11) is 1.57. The van der Waals surface area contributed by atoms with Gasteiger partial charge < -0.3 is 9.64 Å². The number of hydrogen-bond donors (Lipinski definition) is 0. The zero-order chi connectivity index (χ0) is 17.8. The Kier molecular flexibility index (Phi) is 5.88. The Balaban J connectivity index is 1.93. The fraction of sp³-hybridized carbons (Fsp3) is 0.235. The number of rotatable bonds is 4. The Hall–Kier alpha value is -1.70. The van der Waals surface area contributed by atoms with Crippen molar-refractivity contribution in [2.45, 2.75) is 5.16 Å². The van der Waals surface area contributed by atoms with Gasteiger partial charge in [-0.1, -0.05) is 35.5 Å². The molecule has 0 unspecified atom stereocenters. The Labute approximate surface area is 159 Å². The van der Waals surface area contributed by atoms with Crippen molar-refractivity contribution >= 4 is 47.1 Å². The summed E-state index contributed by atoms with van der Waals surface area (Å²) in [6.45, 7) is 0.632. The van der Waals surface area contributed by atoms with E-state index in [2.05, 4.69) is 9.97 Å². The maximum absolute atomic E-state index is 12.8. The van der Waals surface area contributed by atoms with Gasteiger partial charge in [-0.2, -0.15) is 4.98 Å². The molecule has 0 atom stereocenters. The average Bonchev–Trinajstić information content (AvgIpc) is 3.10. The van der Waals surface area contributed by atoms with E-state index in [1.807, 2.05) is 24.5 Å². The molecule has 2 aromatic rings. The lowest BCUT2D eigenvalue weighted by atomic mass is 10.2. The summed E-state index contributed by atoms with van der Waals surface area (Å²) in [6, 6.07) is 7.08. The van der Waals surface area contributed by atoms with Gasteiger partial charge in [-0.05, 0) is 24.5 Å². The molecule has 130 valence electrons. The number of amides is 1. The van der Waals surface area contributed by atoms with Gasteiger partial charge in [0.05, 0.1) is 28.3 Å². The Bertz CT molecular complexity index is 829. The van der Waals surface area contributed by atoms with Gasteiger partial charge in [0, 0.05) is 18.5 Å². The maximum atomic E-state index is 12.8. The van der Waals surface area contributed by atoms with E-state index in [0.717, 1.165) is 16.3 Å². The van der Waals surface area contributed by atoms with Gasteiger partial charge in [0.25, 0.3) is 5.91 Å². The number of carbonyl (C=O) groups is 1. The lowest BCUT2D eigenvalue weighted by Crippen LogP contribution is -2.27. The standard InChI is InChI=1S/C17H16ClN3O2S2/c1-23-15-11(10-19-17(20-15)24-2)9-14-21(7-8-25-14)16(22)12-5-3-4-6-13(12)18/h3-6,9-10H,7-8H2,1-2H3/b14-9+. The topological polar surface area (TPSA) is 55.3 Å². The summed E-state index contributed by atoms with van der Waals surface area (Å²) in [4.78, 5) is 23.2. The third-order valence-electron chi connectivity index (χ3n) is 3.59. The largest absolute Gasteiger partial charge is 0.480 e. The van der Waals surface area contributed by atoms with E-state index in [4.69, 9.17) is 16.3 Å². The van der Waals surface area contributed by atoms with E-state index < -0.39 is 0 Å². The van der Waals surface area contributed by atoms with Crippen molar-refractivity contribution in [3.63, 3.8) is 0 Å². The minimum Gasteiger partial charge on any atom is -0.480 e. The second-order valence-corrected chi connectivity index (χ2v) is 7.38. The molecule has 1 aliphatic rings. The number of hydrogen-bond acceptors (Lipinski definition) is 6. The Morgan fingerprint density at radius 1 is 1.44 bits per heavy atom. The van der Waals surface area contributed by atoms with E-state index in [9.17, 15) is 4.79 Å². The van der Waals surface area contributed by atoms with Crippen molar-refractivity contribution in [3.8, 4) is 5.88 Å². The van der Waals surface area contributed by atoms with E-state index in [-0.39, 0.29) is 5.91 Å². The Morgan fingerprint density at radius 2 is 2.24 bits per heavy atom. The molecule has 5 nitrogen and oxygen atoms in total. The van der Waals surface area contributed by atoms with E-state index in [1.165, 1.54) is 11.8 Å². The number of aromatic nitrogens is 2. The molecule has 0 radical (unpaired) electrons. The van der Waals surface area contributed by atoms with Crippen molar-refractivity contribution < 1.29 is 9.53 Å². The van der Waals surface area contributed by atoms with Crippen LogP contribution in [0, 0.1) is 0 Å². The fourth-order valence-corrected chi connectivity index (χ4v) is 3.96. The SMILES string of the molecule is COc1nc(SC)ncc1/C=C1/SCCN1C(=O)c1ccccc1Cl. The molecule has 1 aliphatic heterocycles. The van der Waals surface area contributed by atoms with Crippen molar-refractivity contribution in [1.82, 2.24) is 14.9 Å². The number of ether oxygens (including phenoxy) is 1. The third kappa shape index (κ3) is 3.94. The first-order chi connectivity index (χ1) is 12.1. The highest BCUT2D eigenvalue weighted by atomic mass is 35.5. The lowest BCUT2D eigenvalue weighted by Gasteiger charge is -2.18. The molecule has 1 saturated heterocycles. The number of thioether (sulfide) groups is 2. The second-order valence-electron chi connectivity index (χ2n) is 5.09. The highest BCUT2D eigenvalue weighted by Crippen LogP contribution is 2.33. The summed E-state index contributed by atoms with van der Waals surface area (Å²) in [5.41, 5.74) is 1.24. The molecule has 3 rings (SSSR count). The van der Waals surface area contributed by atoms with Gasteiger partial charge in [-0.25, -0.2) is 4.98 Å². The van der Waals surface area contributed by atoms with Crippen LogP contribution in [0.2, 0.25) is 5.02 Å². The predicted octanol–water partition coefficient (Wildman–Crippen LogP) is 4.05. The van der Waals surface area contributed by atoms with Crippen LogP contribution in [0.25, 0.3) is 6.08 Å². The zero-order valence-corrected chi connectivity index (χ0v) is 16.1. The molecule has 2 heterocycles. The first-order valence-corrected chi connectivity index (χ1v) is 10.1. The van der Waals surface area contributed by atoms with Crippen LogP contribution in [0.5, 0.6) is 5.88 Å². The molecule has 0 aliphatic carbocycles. The first-order valence-electron chi connectivity index (χ1n) is 7.50. The normalized spacial score (nSPS) is 15.6. The molecule has 8 heteroatoms. The molecule has 1 aromatic heterocycles. The molecule has 1 aromatic carbocycles.